The van der Waals surface area contributed by atoms with Gasteiger partial charge in [0.15, 0.2) is 0 Å². The topological polar surface area (TPSA) is 48.1 Å². The number of anilines is 1. The van der Waals surface area contributed by atoms with Gasteiger partial charge in [-0.15, -0.1) is 0 Å². The molecule has 0 fully saturated rings. The lowest BCUT2D eigenvalue weighted by atomic mass is 10.2. The summed E-state index contributed by atoms with van der Waals surface area (Å²) >= 11 is 0. The standard InChI is InChI=1S/C8H10N2O.CH4/c1-6(11-2)7-3-4-8(9)10-5-7;/h3-5H,1H2,2H3,(H2,9,10);1H4. The zero-order valence-electron chi connectivity index (χ0n) is 6.37. The minimum atomic E-state index is 0. The third-order valence-corrected chi connectivity index (χ3v) is 1.35. The molecule has 1 rings (SSSR count). The molecule has 0 bridgehead atoms. The van der Waals surface area contributed by atoms with Crippen LogP contribution in [-0.2, 0) is 4.74 Å². The maximum Gasteiger partial charge on any atom is 0.123 e. The number of hydrogen-bond donors (Lipinski definition) is 1. The lowest BCUT2D eigenvalue weighted by Gasteiger charge is -2.02. The summed E-state index contributed by atoms with van der Waals surface area (Å²) in [6.45, 7) is 3.67. The maximum atomic E-state index is 5.39. The molecule has 12 heavy (non-hydrogen) atoms. The van der Waals surface area contributed by atoms with Gasteiger partial charge in [0.1, 0.15) is 11.6 Å². The van der Waals surface area contributed by atoms with Crippen LogP contribution in [0.4, 0.5) is 5.82 Å². The molecule has 0 aliphatic heterocycles. The fourth-order valence-electron chi connectivity index (χ4n) is 0.688. The number of nitrogens with zero attached hydrogens (tertiary/aromatic N) is 1. The average Bonchev–Trinajstić information content (AvgIpc) is 2.05. The molecule has 1 aromatic rings. The fourth-order valence-corrected chi connectivity index (χ4v) is 0.688. The Morgan fingerprint density at radius 1 is 1.58 bits per heavy atom. The van der Waals surface area contributed by atoms with Gasteiger partial charge in [0.25, 0.3) is 0 Å². The van der Waals surface area contributed by atoms with E-state index in [-0.39, 0.29) is 7.43 Å². The van der Waals surface area contributed by atoms with E-state index in [1.807, 2.05) is 6.07 Å². The van der Waals surface area contributed by atoms with E-state index in [1.165, 1.54) is 0 Å². The van der Waals surface area contributed by atoms with E-state index in [4.69, 9.17) is 10.5 Å². The largest absolute Gasteiger partial charge is 0.497 e. The monoisotopic (exact) mass is 166 g/mol. The number of aromatic nitrogens is 1. The first-order valence-electron chi connectivity index (χ1n) is 3.19. The number of nitrogen functional groups attached to an aromatic ring is 1. The summed E-state index contributed by atoms with van der Waals surface area (Å²) in [5.74, 6) is 1.09. The molecule has 0 aromatic carbocycles. The SMILES string of the molecule is C.C=C(OC)c1ccc(N)nc1. The Morgan fingerprint density at radius 3 is 2.67 bits per heavy atom. The zero-order chi connectivity index (χ0) is 8.27. The second kappa shape index (κ2) is 4.38. The Kier molecular flexibility index (Phi) is 3.83. The molecule has 0 saturated heterocycles. The molecule has 1 heterocycles. The number of hydrogen-bond acceptors (Lipinski definition) is 3. The van der Waals surface area contributed by atoms with E-state index in [0.717, 1.165) is 5.56 Å². The molecular formula is C9H14N2O. The van der Waals surface area contributed by atoms with Gasteiger partial charge in [-0.1, -0.05) is 14.0 Å². The van der Waals surface area contributed by atoms with Crippen LogP contribution in [0.5, 0.6) is 0 Å². The molecule has 0 spiro atoms. The Morgan fingerprint density at radius 2 is 2.25 bits per heavy atom. The molecule has 0 aliphatic carbocycles. The first kappa shape index (κ1) is 10.5. The predicted octanol–water partition coefficient (Wildman–Crippen LogP) is 1.92. The highest BCUT2D eigenvalue weighted by atomic mass is 16.5. The van der Waals surface area contributed by atoms with Crippen LogP contribution in [0.1, 0.15) is 13.0 Å². The molecule has 0 atom stereocenters. The first-order chi connectivity index (χ1) is 5.24. The molecule has 0 amide bonds. The summed E-state index contributed by atoms with van der Waals surface area (Å²) in [5.41, 5.74) is 6.24. The summed E-state index contributed by atoms with van der Waals surface area (Å²) in [6, 6.07) is 3.52. The Hall–Kier alpha value is -1.51. The average molecular weight is 166 g/mol. The van der Waals surface area contributed by atoms with Gasteiger partial charge in [-0.25, -0.2) is 4.98 Å². The van der Waals surface area contributed by atoms with Crippen molar-refractivity contribution in [1.29, 1.82) is 0 Å². The van der Waals surface area contributed by atoms with Crippen LogP contribution in [0.2, 0.25) is 0 Å². The quantitative estimate of drug-likeness (QED) is 0.683. The van der Waals surface area contributed by atoms with Gasteiger partial charge in [0, 0.05) is 11.8 Å². The van der Waals surface area contributed by atoms with Crippen LogP contribution >= 0.6 is 0 Å². The number of ether oxygens (including phenoxy) is 1. The van der Waals surface area contributed by atoms with Gasteiger partial charge in [0.05, 0.1) is 7.11 Å². The molecule has 0 unspecified atom stereocenters. The molecule has 1 aromatic heterocycles. The minimum Gasteiger partial charge on any atom is -0.497 e. The predicted molar refractivity (Wildman–Crippen MR) is 51.4 cm³/mol. The number of methoxy groups -OCH3 is 1. The van der Waals surface area contributed by atoms with Crippen LogP contribution in [0, 0.1) is 0 Å². The van der Waals surface area contributed by atoms with Gasteiger partial charge < -0.3 is 10.5 Å². The molecule has 3 heteroatoms. The van der Waals surface area contributed by atoms with Crippen molar-refractivity contribution >= 4 is 11.6 Å². The van der Waals surface area contributed by atoms with E-state index in [1.54, 1.807) is 19.4 Å². The summed E-state index contributed by atoms with van der Waals surface area (Å²) in [6.07, 6.45) is 1.63. The fraction of sp³-hybridized carbons (Fsp3) is 0.222. The summed E-state index contributed by atoms with van der Waals surface area (Å²) in [4.78, 5) is 3.89. The Bertz CT molecular complexity index is 254. The molecule has 0 aliphatic rings. The van der Waals surface area contributed by atoms with Crippen molar-refractivity contribution < 1.29 is 4.74 Å². The van der Waals surface area contributed by atoms with E-state index < -0.39 is 0 Å². The third-order valence-electron chi connectivity index (χ3n) is 1.35. The normalized spacial score (nSPS) is 8.42. The van der Waals surface area contributed by atoms with Crippen molar-refractivity contribution in [3.63, 3.8) is 0 Å². The Balaban J connectivity index is 0.00000121. The number of nitrogens with two attached hydrogens (primary N) is 1. The second-order valence-corrected chi connectivity index (χ2v) is 2.10. The summed E-state index contributed by atoms with van der Waals surface area (Å²) in [5, 5.41) is 0. The van der Waals surface area contributed by atoms with Crippen LogP contribution in [0.3, 0.4) is 0 Å². The van der Waals surface area contributed by atoms with Gasteiger partial charge in [-0.05, 0) is 12.1 Å². The van der Waals surface area contributed by atoms with Crippen molar-refractivity contribution in [2.24, 2.45) is 0 Å². The Labute approximate surface area is 72.9 Å². The minimum absolute atomic E-state index is 0. The molecule has 66 valence electrons. The zero-order valence-corrected chi connectivity index (χ0v) is 6.37. The highest BCUT2D eigenvalue weighted by Crippen LogP contribution is 2.11. The van der Waals surface area contributed by atoms with E-state index in [9.17, 15) is 0 Å². The third kappa shape index (κ3) is 2.27. The summed E-state index contributed by atoms with van der Waals surface area (Å²) < 4.78 is 4.90. The molecule has 2 N–H and O–H groups in total. The van der Waals surface area contributed by atoms with Gasteiger partial charge in [-0.3, -0.25) is 0 Å². The lowest BCUT2D eigenvalue weighted by Crippen LogP contribution is -1.91. The highest BCUT2D eigenvalue weighted by Gasteiger charge is 1.96. The van der Waals surface area contributed by atoms with Gasteiger partial charge >= 0.3 is 0 Å². The first-order valence-corrected chi connectivity index (χ1v) is 3.19. The van der Waals surface area contributed by atoms with Crippen LogP contribution in [0.15, 0.2) is 24.9 Å². The van der Waals surface area contributed by atoms with E-state index >= 15 is 0 Å². The smallest absolute Gasteiger partial charge is 0.123 e. The van der Waals surface area contributed by atoms with Gasteiger partial charge in [0.2, 0.25) is 0 Å². The van der Waals surface area contributed by atoms with Crippen LogP contribution < -0.4 is 5.73 Å². The van der Waals surface area contributed by atoms with Gasteiger partial charge in [-0.2, -0.15) is 0 Å². The van der Waals surface area contributed by atoms with Crippen molar-refractivity contribution in [3.8, 4) is 0 Å². The highest BCUT2D eigenvalue weighted by molar-refractivity contribution is 5.57. The maximum absolute atomic E-state index is 5.39. The van der Waals surface area contributed by atoms with Crippen molar-refractivity contribution in [3.05, 3.63) is 30.5 Å². The van der Waals surface area contributed by atoms with Crippen molar-refractivity contribution in [2.75, 3.05) is 12.8 Å². The van der Waals surface area contributed by atoms with Crippen molar-refractivity contribution in [2.45, 2.75) is 7.43 Å². The lowest BCUT2D eigenvalue weighted by molar-refractivity contribution is 0.371. The number of rotatable bonds is 2. The van der Waals surface area contributed by atoms with Crippen LogP contribution in [0.25, 0.3) is 5.76 Å². The second-order valence-electron chi connectivity index (χ2n) is 2.10. The van der Waals surface area contributed by atoms with E-state index in [2.05, 4.69) is 11.6 Å². The molecule has 0 saturated carbocycles. The molecule has 3 nitrogen and oxygen atoms in total. The van der Waals surface area contributed by atoms with Crippen molar-refractivity contribution in [1.82, 2.24) is 4.98 Å². The van der Waals surface area contributed by atoms with Crippen LogP contribution in [-0.4, -0.2) is 12.1 Å². The number of pyridine rings is 1. The summed E-state index contributed by atoms with van der Waals surface area (Å²) in [7, 11) is 1.57. The molecule has 0 radical (unpaired) electrons. The van der Waals surface area contributed by atoms with E-state index in [0.29, 0.717) is 11.6 Å². The molecular weight excluding hydrogens is 152 g/mol.